The number of hydrogen-bond donors (Lipinski definition) is 0. The van der Waals surface area contributed by atoms with E-state index < -0.39 is 17.5 Å². The highest BCUT2D eigenvalue weighted by atomic mass is 35.5. The van der Waals surface area contributed by atoms with E-state index in [1.165, 1.54) is 12.1 Å². The molecular formula is C16H14ClFN4O. The summed E-state index contributed by atoms with van der Waals surface area (Å²) in [5.74, 6) is -1.15. The van der Waals surface area contributed by atoms with E-state index in [1.807, 2.05) is 10.6 Å². The average molecular weight is 333 g/mol. The van der Waals surface area contributed by atoms with Crippen molar-refractivity contribution < 1.29 is 9.18 Å². The number of carbonyl (C=O) groups is 1. The van der Waals surface area contributed by atoms with Crippen molar-refractivity contribution in [3.63, 3.8) is 0 Å². The third-order valence-corrected chi connectivity index (χ3v) is 4.30. The lowest BCUT2D eigenvalue weighted by Gasteiger charge is -2.11. The molecule has 0 saturated heterocycles. The van der Waals surface area contributed by atoms with Crippen molar-refractivity contribution >= 4 is 17.4 Å². The van der Waals surface area contributed by atoms with Crippen molar-refractivity contribution in [3.05, 3.63) is 46.3 Å². The van der Waals surface area contributed by atoms with Gasteiger partial charge in [-0.3, -0.25) is 4.79 Å². The van der Waals surface area contributed by atoms with E-state index in [0.29, 0.717) is 12.4 Å². The lowest BCUT2D eigenvalue weighted by molar-refractivity contribution is 0.0974. The van der Waals surface area contributed by atoms with Gasteiger partial charge in [0.15, 0.2) is 17.5 Å². The first-order valence-electron chi connectivity index (χ1n) is 7.42. The maximum absolute atomic E-state index is 13.6. The number of fused-ring (bicyclic) bond motifs is 1. The molecule has 0 fully saturated rings. The Morgan fingerprint density at radius 2 is 2.17 bits per heavy atom. The predicted octanol–water partition coefficient (Wildman–Crippen LogP) is 3.29. The summed E-state index contributed by atoms with van der Waals surface area (Å²) >= 11 is 5.63. The molecule has 0 unspecified atom stereocenters. The number of ketones is 1. The van der Waals surface area contributed by atoms with Gasteiger partial charge in [-0.2, -0.15) is 5.26 Å². The molecule has 0 bridgehead atoms. The number of benzene rings is 1. The summed E-state index contributed by atoms with van der Waals surface area (Å²) in [4.78, 5) is 12.6. The molecule has 23 heavy (non-hydrogen) atoms. The lowest BCUT2D eigenvalue weighted by atomic mass is 9.98. The molecule has 1 atom stereocenters. The molecule has 0 aliphatic carbocycles. The number of Topliss-reactive ketones (excluding diaryl/α,β-unsaturated/α-hetero) is 1. The van der Waals surface area contributed by atoms with Crippen LogP contribution in [-0.4, -0.2) is 20.5 Å². The van der Waals surface area contributed by atoms with Crippen molar-refractivity contribution in [1.82, 2.24) is 14.8 Å². The molecule has 7 heteroatoms. The van der Waals surface area contributed by atoms with Gasteiger partial charge in [-0.1, -0.05) is 18.0 Å². The van der Waals surface area contributed by atoms with E-state index >= 15 is 0 Å². The second-order valence-electron chi connectivity index (χ2n) is 5.49. The Balaban J connectivity index is 1.97. The molecule has 1 aromatic heterocycles. The van der Waals surface area contributed by atoms with Crippen LogP contribution in [0.3, 0.4) is 0 Å². The summed E-state index contributed by atoms with van der Waals surface area (Å²) in [7, 11) is 0. The fourth-order valence-electron chi connectivity index (χ4n) is 2.77. The van der Waals surface area contributed by atoms with E-state index in [4.69, 9.17) is 11.6 Å². The number of rotatable bonds is 3. The monoisotopic (exact) mass is 332 g/mol. The normalized spacial score (nSPS) is 15.3. The summed E-state index contributed by atoms with van der Waals surface area (Å²) in [6, 6.07) is 5.75. The average Bonchev–Trinajstić information content (AvgIpc) is 2.79. The van der Waals surface area contributed by atoms with Gasteiger partial charge in [0, 0.05) is 18.5 Å². The first-order chi connectivity index (χ1) is 11.1. The highest BCUT2D eigenvalue weighted by Crippen LogP contribution is 2.24. The number of hydrogen-bond acceptors (Lipinski definition) is 4. The minimum absolute atomic E-state index is 0.0635. The highest BCUT2D eigenvalue weighted by molar-refractivity contribution is 6.30. The molecule has 0 N–H and O–H groups in total. The minimum Gasteiger partial charge on any atom is -0.313 e. The third-order valence-electron chi connectivity index (χ3n) is 3.99. The SMILES string of the molecule is N#C[C@H](C(=O)c1ccc(Cl)c(F)c1)c1nnc2n1CCCCC2. The summed E-state index contributed by atoms with van der Waals surface area (Å²) in [6.07, 6.45) is 3.84. The van der Waals surface area contributed by atoms with Crippen molar-refractivity contribution in [3.8, 4) is 6.07 Å². The molecule has 0 amide bonds. The lowest BCUT2D eigenvalue weighted by Crippen LogP contribution is -2.17. The molecule has 0 spiro atoms. The number of aromatic nitrogens is 3. The van der Waals surface area contributed by atoms with Gasteiger partial charge in [0.1, 0.15) is 11.6 Å². The van der Waals surface area contributed by atoms with Gasteiger partial charge in [-0.15, -0.1) is 10.2 Å². The Labute approximate surface area is 137 Å². The molecular weight excluding hydrogens is 319 g/mol. The van der Waals surface area contributed by atoms with Crippen LogP contribution in [0.15, 0.2) is 18.2 Å². The fourth-order valence-corrected chi connectivity index (χ4v) is 2.89. The molecule has 3 rings (SSSR count). The van der Waals surface area contributed by atoms with E-state index in [0.717, 1.165) is 37.6 Å². The zero-order chi connectivity index (χ0) is 16.4. The van der Waals surface area contributed by atoms with Crippen molar-refractivity contribution in [2.24, 2.45) is 0 Å². The molecule has 1 aromatic carbocycles. The van der Waals surface area contributed by atoms with E-state index in [9.17, 15) is 14.4 Å². The van der Waals surface area contributed by atoms with Crippen LogP contribution in [-0.2, 0) is 13.0 Å². The van der Waals surface area contributed by atoms with Gasteiger partial charge in [0.05, 0.1) is 11.1 Å². The van der Waals surface area contributed by atoms with Crippen LogP contribution >= 0.6 is 11.6 Å². The van der Waals surface area contributed by atoms with E-state index in [-0.39, 0.29) is 10.6 Å². The van der Waals surface area contributed by atoms with E-state index in [1.54, 1.807) is 0 Å². The summed E-state index contributed by atoms with van der Waals surface area (Å²) < 4.78 is 15.4. The Morgan fingerprint density at radius 1 is 1.35 bits per heavy atom. The fraction of sp³-hybridized carbons (Fsp3) is 0.375. The smallest absolute Gasteiger partial charge is 0.187 e. The number of nitriles is 1. The molecule has 118 valence electrons. The number of carbonyl (C=O) groups excluding carboxylic acids is 1. The first kappa shape index (κ1) is 15.6. The van der Waals surface area contributed by atoms with Gasteiger partial charge in [-0.25, -0.2) is 4.39 Å². The summed E-state index contributed by atoms with van der Waals surface area (Å²) in [5.41, 5.74) is 0.101. The second-order valence-corrected chi connectivity index (χ2v) is 5.90. The Hall–Kier alpha value is -2.26. The van der Waals surface area contributed by atoms with Crippen LogP contribution in [0.4, 0.5) is 4.39 Å². The zero-order valence-electron chi connectivity index (χ0n) is 12.3. The maximum atomic E-state index is 13.6. The molecule has 2 heterocycles. The number of nitrogens with zero attached hydrogens (tertiary/aromatic N) is 4. The van der Waals surface area contributed by atoms with Crippen molar-refractivity contribution in [1.29, 1.82) is 5.26 Å². The molecule has 5 nitrogen and oxygen atoms in total. The molecule has 0 radical (unpaired) electrons. The van der Waals surface area contributed by atoms with Crippen molar-refractivity contribution in [2.75, 3.05) is 0 Å². The summed E-state index contributed by atoms with van der Waals surface area (Å²) in [6.45, 7) is 0.693. The van der Waals surface area contributed by atoms with Gasteiger partial charge in [-0.05, 0) is 31.0 Å². The van der Waals surface area contributed by atoms with E-state index in [2.05, 4.69) is 10.2 Å². The molecule has 1 aliphatic rings. The Bertz CT molecular complexity index is 796. The van der Waals surface area contributed by atoms with Crippen molar-refractivity contribution in [2.45, 2.75) is 38.1 Å². The second kappa shape index (κ2) is 6.47. The molecule has 1 aliphatic heterocycles. The number of aryl methyl sites for hydroxylation is 1. The van der Waals surface area contributed by atoms with Crippen LogP contribution in [0, 0.1) is 17.1 Å². The van der Waals surface area contributed by atoms with Crippen LogP contribution < -0.4 is 0 Å². The van der Waals surface area contributed by atoms with Gasteiger partial charge >= 0.3 is 0 Å². The van der Waals surface area contributed by atoms with Crippen LogP contribution in [0.2, 0.25) is 5.02 Å². The first-order valence-corrected chi connectivity index (χ1v) is 7.80. The quantitative estimate of drug-likeness (QED) is 0.808. The Morgan fingerprint density at radius 3 is 2.91 bits per heavy atom. The highest BCUT2D eigenvalue weighted by Gasteiger charge is 2.29. The third kappa shape index (κ3) is 2.97. The largest absolute Gasteiger partial charge is 0.313 e. The van der Waals surface area contributed by atoms with Crippen LogP contribution in [0.25, 0.3) is 0 Å². The van der Waals surface area contributed by atoms with Crippen LogP contribution in [0.1, 0.15) is 47.2 Å². The summed E-state index contributed by atoms with van der Waals surface area (Å²) in [5, 5.41) is 17.5. The topological polar surface area (TPSA) is 71.6 Å². The van der Waals surface area contributed by atoms with Crippen LogP contribution in [0.5, 0.6) is 0 Å². The van der Waals surface area contributed by atoms with Gasteiger partial charge in [0.2, 0.25) is 0 Å². The Kier molecular flexibility index (Phi) is 4.39. The minimum atomic E-state index is -1.10. The standard InChI is InChI=1S/C16H14ClFN4O/c17-12-6-5-10(8-13(12)18)15(23)11(9-19)16-21-20-14-4-2-1-3-7-22(14)16/h5-6,8,11H,1-4,7H2/t11-/m1/s1. The zero-order valence-corrected chi connectivity index (χ0v) is 13.1. The maximum Gasteiger partial charge on any atom is 0.187 e. The molecule has 0 saturated carbocycles. The molecule has 2 aromatic rings. The van der Waals surface area contributed by atoms with Gasteiger partial charge in [0.25, 0.3) is 0 Å². The van der Waals surface area contributed by atoms with Gasteiger partial charge < -0.3 is 4.57 Å². The predicted molar refractivity (Wildman–Crippen MR) is 81.7 cm³/mol. The number of halogens is 2.